The third-order valence-electron chi connectivity index (χ3n) is 2.97. The van der Waals surface area contributed by atoms with E-state index in [9.17, 15) is 0 Å². The Morgan fingerprint density at radius 3 is 2.82 bits per heavy atom. The van der Waals surface area contributed by atoms with Gasteiger partial charge in [-0.05, 0) is 38.1 Å². The Kier molecular flexibility index (Phi) is 3.54. The van der Waals surface area contributed by atoms with Gasteiger partial charge in [-0.3, -0.25) is 9.67 Å². The molecule has 0 aliphatic carbocycles. The Labute approximate surface area is 102 Å². The fourth-order valence-corrected chi connectivity index (χ4v) is 2.01. The fourth-order valence-electron chi connectivity index (χ4n) is 2.01. The van der Waals surface area contributed by atoms with Crippen LogP contribution in [0.4, 0.5) is 0 Å². The molecule has 0 spiro atoms. The molecule has 4 heteroatoms. The third-order valence-corrected chi connectivity index (χ3v) is 2.97. The first-order chi connectivity index (χ1) is 8.26. The normalized spacial score (nSPS) is 12.6. The quantitative estimate of drug-likeness (QED) is 0.872. The lowest BCUT2D eigenvalue weighted by Gasteiger charge is -2.16. The molecule has 1 atom stereocenters. The van der Waals surface area contributed by atoms with Crippen LogP contribution in [0.2, 0.25) is 0 Å². The molecule has 0 aromatic carbocycles. The minimum absolute atomic E-state index is 0.179. The van der Waals surface area contributed by atoms with Crippen molar-refractivity contribution >= 4 is 0 Å². The molecule has 2 rings (SSSR count). The third kappa shape index (κ3) is 2.36. The van der Waals surface area contributed by atoms with Crippen molar-refractivity contribution in [3.05, 3.63) is 47.5 Å². The van der Waals surface area contributed by atoms with Crippen LogP contribution in [0, 0.1) is 6.92 Å². The number of aryl methyl sites for hydroxylation is 2. The summed E-state index contributed by atoms with van der Waals surface area (Å²) in [6.45, 7) is 5.06. The molecule has 0 amide bonds. The number of hydrogen-bond donors (Lipinski definition) is 1. The van der Waals surface area contributed by atoms with Gasteiger partial charge in [-0.2, -0.15) is 5.10 Å². The Balaban J connectivity index is 2.36. The van der Waals surface area contributed by atoms with Crippen LogP contribution >= 0.6 is 0 Å². The van der Waals surface area contributed by atoms with E-state index in [4.69, 9.17) is 0 Å². The van der Waals surface area contributed by atoms with Gasteiger partial charge in [0.1, 0.15) is 0 Å². The van der Waals surface area contributed by atoms with E-state index in [1.165, 1.54) is 16.7 Å². The van der Waals surface area contributed by atoms with Crippen molar-refractivity contribution in [3.8, 4) is 0 Å². The minimum atomic E-state index is 0.179. The maximum atomic E-state index is 4.32. The molecule has 2 aromatic rings. The zero-order valence-electron chi connectivity index (χ0n) is 10.5. The lowest BCUT2D eigenvalue weighted by Crippen LogP contribution is -2.18. The van der Waals surface area contributed by atoms with Gasteiger partial charge in [0.25, 0.3) is 0 Å². The highest BCUT2D eigenvalue weighted by Crippen LogP contribution is 2.23. The number of nitrogens with one attached hydrogen (secondary N) is 1. The summed E-state index contributed by atoms with van der Waals surface area (Å²) in [7, 11) is 1.97. The van der Waals surface area contributed by atoms with Gasteiger partial charge in [0.2, 0.25) is 0 Å². The maximum absolute atomic E-state index is 4.32. The van der Waals surface area contributed by atoms with E-state index in [1.54, 1.807) is 0 Å². The first-order valence-electron chi connectivity index (χ1n) is 5.86. The van der Waals surface area contributed by atoms with E-state index < -0.39 is 0 Å². The van der Waals surface area contributed by atoms with Crippen molar-refractivity contribution in [2.24, 2.45) is 0 Å². The maximum Gasteiger partial charge on any atom is 0.0609 e. The highest BCUT2D eigenvalue weighted by atomic mass is 15.3. The van der Waals surface area contributed by atoms with E-state index in [2.05, 4.69) is 41.5 Å². The summed E-state index contributed by atoms with van der Waals surface area (Å²) in [4.78, 5) is 4.13. The summed E-state index contributed by atoms with van der Waals surface area (Å²) in [5.41, 5.74) is 3.62. The average molecular weight is 230 g/mol. The molecule has 0 saturated carbocycles. The average Bonchev–Trinajstić information content (AvgIpc) is 2.81. The molecule has 0 aliphatic heterocycles. The van der Waals surface area contributed by atoms with Crippen LogP contribution in [0.15, 0.2) is 30.9 Å². The molecule has 1 unspecified atom stereocenters. The molecule has 17 heavy (non-hydrogen) atoms. The first-order valence-corrected chi connectivity index (χ1v) is 5.86. The van der Waals surface area contributed by atoms with Crippen LogP contribution in [-0.2, 0) is 6.54 Å². The van der Waals surface area contributed by atoms with Crippen LogP contribution in [0.3, 0.4) is 0 Å². The molecule has 2 aromatic heterocycles. The predicted molar refractivity (Wildman–Crippen MR) is 67.8 cm³/mol. The summed E-state index contributed by atoms with van der Waals surface area (Å²) in [5, 5.41) is 7.65. The fraction of sp³-hybridized carbons (Fsp3) is 0.385. The van der Waals surface area contributed by atoms with Crippen LogP contribution in [0.25, 0.3) is 0 Å². The van der Waals surface area contributed by atoms with Gasteiger partial charge in [0, 0.05) is 30.7 Å². The number of hydrogen-bond acceptors (Lipinski definition) is 3. The van der Waals surface area contributed by atoms with Crippen LogP contribution in [0.5, 0.6) is 0 Å². The van der Waals surface area contributed by atoms with Gasteiger partial charge in [-0.25, -0.2) is 0 Å². The Hall–Kier alpha value is -1.68. The van der Waals surface area contributed by atoms with E-state index in [0.29, 0.717) is 0 Å². The van der Waals surface area contributed by atoms with Crippen LogP contribution in [-0.4, -0.2) is 21.8 Å². The Bertz CT molecular complexity index is 490. The summed E-state index contributed by atoms with van der Waals surface area (Å²) in [6.07, 6.45) is 7.73. The second kappa shape index (κ2) is 5.10. The molecule has 2 heterocycles. The number of nitrogens with zero attached hydrogens (tertiary/aromatic N) is 3. The smallest absolute Gasteiger partial charge is 0.0609 e. The minimum Gasteiger partial charge on any atom is -0.309 e. The number of pyridine rings is 1. The van der Waals surface area contributed by atoms with Crippen LogP contribution in [0.1, 0.15) is 29.7 Å². The van der Waals surface area contributed by atoms with Gasteiger partial charge in [-0.15, -0.1) is 0 Å². The van der Waals surface area contributed by atoms with Crippen molar-refractivity contribution in [2.75, 3.05) is 7.05 Å². The molecule has 0 fully saturated rings. The second-order valence-electron chi connectivity index (χ2n) is 4.08. The lowest BCUT2D eigenvalue weighted by molar-refractivity contribution is 0.652. The van der Waals surface area contributed by atoms with E-state index in [1.807, 2.05) is 30.3 Å². The molecule has 90 valence electrons. The van der Waals surface area contributed by atoms with Gasteiger partial charge < -0.3 is 5.32 Å². The monoisotopic (exact) mass is 230 g/mol. The van der Waals surface area contributed by atoms with Crippen molar-refractivity contribution < 1.29 is 0 Å². The zero-order chi connectivity index (χ0) is 12.3. The molecule has 0 radical (unpaired) electrons. The second-order valence-corrected chi connectivity index (χ2v) is 4.08. The molecule has 0 saturated heterocycles. The van der Waals surface area contributed by atoms with Crippen molar-refractivity contribution in [3.63, 3.8) is 0 Å². The summed E-state index contributed by atoms with van der Waals surface area (Å²) >= 11 is 0. The largest absolute Gasteiger partial charge is 0.309 e. The molecule has 4 nitrogen and oxygen atoms in total. The standard InChI is InChI=1S/C13H18N4/c1-4-17-9-11(8-16-17)13(14-3)12-5-6-15-7-10(12)2/h5-9,13-14H,4H2,1-3H3. The Morgan fingerprint density at radius 1 is 1.41 bits per heavy atom. The predicted octanol–water partition coefficient (Wildman–Crippen LogP) is 1.92. The summed E-state index contributed by atoms with van der Waals surface area (Å²) in [6, 6.07) is 2.23. The van der Waals surface area contributed by atoms with Gasteiger partial charge in [0.15, 0.2) is 0 Å². The van der Waals surface area contributed by atoms with Crippen molar-refractivity contribution in [1.29, 1.82) is 0 Å². The number of rotatable bonds is 4. The van der Waals surface area contributed by atoms with Crippen LogP contribution < -0.4 is 5.32 Å². The van der Waals surface area contributed by atoms with Gasteiger partial charge in [-0.1, -0.05) is 0 Å². The van der Waals surface area contributed by atoms with E-state index >= 15 is 0 Å². The summed E-state index contributed by atoms with van der Waals surface area (Å²) < 4.78 is 1.94. The van der Waals surface area contributed by atoms with Gasteiger partial charge >= 0.3 is 0 Å². The zero-order valence-corrected chi connectivity index (χ0v) is 10.5. The number of aromatic nitrogens is 3. The summed E-state index contributed by atoms with van der Waals surface area (Å²) in [5.74, 6) is 0. The molecule has 1 N–H and O–H groups in total. The highest BCUT2D eigenvalue weighted by molar-refractivity contribution is 5.33. The molecule has 0 aliphatic rings. The van der Waals surface area contributed by atoms with Crippen molar-refractivity contribution in [1.82, 2.24) is 20.1 Å². The SMILES string of the molecule is CCn1cc(C(NC)c2ccncc2C)cn1. The van der Waals surface area contributed by atoms with E-state index in [0.717, 1.165) is 6.54 Å². The first kappa shape index (κ1) is 11.8. The Morgan fingerprint density at radius 2 is 2.24 bits per heavy atom. The van der Waals surface area contributed by atoms with Gasteiger partial charge in [0.05, 0.1) is 12.2 Å². The molecular weight excluding hydrogens is 212 g/mol. The molecule has 0 bridgehead atoms. The van der Waals surface area contributed by atoms with E-state index in [-0.39, 0.29) is 6.04 Å². The molecular formula is C13H18N4. The highest BCUT2D eigenvalue weighted by Gasteiger charge is 2.15. The lowest BCUT2D eigenvalue weighted by atomic mass is 9.99. The topological polar surface area (TPSA) is 42.7 Å². The van der Waals surface area contributed by atoms with Crippen molar-refractivity contribution in [2.45, 2.75) is 26.4 Å².